The molecule has 6 heteroatoms. The number of hydrogen-bond acceptors (Lipinski definition) is 3. The van der Waals surface area contributed by atoms with Crippen molar-refractivity contribution in [1.29, 1.82) is 0 Å². The Morgan fingerprint density at radius 1 is 1.40 bits per heavy atom. The van der Waals surface area contributed by atoms with E-state index in [1.165, 1.54) is 0 Å². The Morgan fingerprint density at radius 3 is 2.20 bits per heavy atom. The van der Waals surface area contributed by atoms with E-state index in [-0.39, 0.29) is 0 Å². The third-order valence-electron chi connectivity index (χ3n) is 0.523. The summed E-state index contributed by atoms with van der Waals surface area (Å²) in [6.07, 6.45) is -6.82. The zero-order valence-corrected chi connectivity index (χ0v) is 4.59. The minimum atomic E-state index is -3.41. The van der Waals surface area contributed by atoms with Gasteiger partial charge in [-0.25, -0.2) is 13.6 Å². The number of aldehydes is 1. The second-order valence-electron chi connectivity index (χ2n) is 1.24. The van der Waals surface area contributed by atoms with Gasteiger partial charge in [0.2, 0.25) is 6.29 Å². The summed E-state index contributed by atoms with van der Waals surface area (Å²) in [6, 6.07) is 0. The number of carbonyl (C=O) groups is 2. The molecule has 0 aromatic heterocycles. The minimum absolute atomic E-state index is 0.394. The molecule has 0 amide bonds. The molecule has 3 nitrogen and oxygen atoms in total. The molecule has 58 valence electrons. The van der Waals surface area contributed by atoms with Crippen molar-refractivity contribution in [3.8, 4) is 0 Å². The van der Waals surface area contributed by atoms with Crippen LogP contribution in [0.4, 0.5) is 13.2 Å². The molecule has 0 aliphatic carbocycles. The Kier molecular flexibility index (Phi) is 3.45. The van der Waals surface area contributed by atoms with Crippen LogP contribution in [-0.4, -0.2) is 25.0 Å². The summed E-state index contributed by atoms with van der Waals surface area (Å²) in [5.74, 6) is -1.65. The number of carbonyl (C=O) groups excluding carboxylic acids is 2. The van der Waals surface area contributed by atoms with Gasteiger partial charge in [0.15, 0.2) is 0 Å². The first kappa shape index (κ1) is 8.93. The molecule has 1 unspecified atom stereocenters. The molecule has 0 aromatic rings. The molecule has 0 radical (unpaired) electrons. The standard InChI is InChI=1S/C4H3F3O3/c5-3(6)4(7)10-2(9)1-8/h1,3-4H. The lowest BCUT2D eigenvalue weighted by molar-refractivity contribution is -0.174. The van der Waals surface area contributed by atoms with Crippen molar-refractivity contribution in [2.75, 3.05) is 0 Å². The van der Waals surface area contributed by atoms with Crippen molar-refractivity contribution in [3.63, 3.8) is 0 Å². The lowest BCUT2D eigenvalue weighted by Crippen LogP contribution is -2.21. The first-order valence-corrected chi connectivity index (χ1v) is 2.16. The third-order valence-corrected chi connectivity index (χ3v) is 0.523. The average Bonchev–Trinajstić information content (AvgIpc) is 1.87. The van der Waals surface area contributed by atoms with Gasteiger partial charge >= 0.3 is 18.8 Å². The lowest BCUT2D eigenvalue weighted by Gasteiger charge is -2.04. The molecule has 0 rings (SSSR count). The summed E-state index contributed by atoms with van der Waals surface area (Å²) < 4.78 is 37.2. The number of esters is 1. The monoisotopic (exact) mass is 156 g/mol. The van der Waals surface area contributed by atoms with Crippen LogP contribution < -0.4 is 0 Å². The van der Waals surface area contributed by atoms with Gasteiger partial charge in [-0.1, -0.05) is 0 Å². The fourth-order valence-electron chi connectivity index (χ4n) is 0.190. The van der Waals surface area contributed by atoms with Crippen LogP contribution in [0.5, 0.6) is 0 Å². The highest BCUT2D eigenvalue weighted by molar-refractivity contribution is 6.20. The Balaban J connectivity index is 3.67. The van der Waals surface area contributed by atoms with E-state index >= 15 is 0 Å². The van der Waals surface area contributed by atoms with Gasteiger partial charge in [0, 0.05) is 0 Å². The van der Waals surface area contributed by atoms with E-state index in [1.54, 1.807) is 0 Å². The number of ether oxygens (including phenoxy) is 1. The van der Waals surface area contributed by atoms with Gasteiger partial charge in [-0.2, -0.15) is 4.39 Å². The Morgan fingerprint density at radius 2 is 1.90 bits per heavy atom. The molecule has 0 aliphatic rings. The predicted molar refractivity (Wildman–Crippen MR) is 23.1 cm³/mol. The van der Waals surface area contributed by atoms with Gasteiger partial charge in [-0.05, 0) is 0 Å². The zero-order valence-electron chi connectivity index (χ0n) is 4.59. The highest BCUT2D eigenvalue weighted by atomic mass is 19.3. The van der Waals surface area contributed by atoms with Crippen LogP contribution in [0.1, 0.15) is 0 Å². The Bertz CT molecular complexity index is 136. The van der Waals surface area contributed by atoms with Crippen molar-refractivity contribution in [2.24, 2.45) is 0 Å². The molecule has 0 aromatic carbocycles. The van der Waals surface area contributed by atoms with E-state index in [1.807, 2.05) is 0 Å². The Hall–Kier alpha value is -1.07. The molecule has 0 fully saturated rings. The summed E-state index contributed by atoms with van der Waals surface area (Å²) in [5.41, 5.74) is 0. The molecule has 0 saturated carbocycles. The fourth-order valence-corrected chi connectivity index (χ4v) is 0.190. The van der Waals surface area contributed by atoms with Gasteiger partial charge in [0.25, 0.3) is 0 Å². The summed E-state index contributed by atoms with van der Waals surface area (Å²) in [6.45, 7) is 0. The van der Waals surface area contributed by atoms with Gasteiger partial charge in [0.05, 0.1) is 0 Å². The largest absolute Gasteiger partial charge is 0.419 e. The Labute approximate surface area is 53.8 Å². The van der Waals surface area contributed by atoms with Crippen LogP contribution in [0, 0.1) is 0 Å². The summed E-state index contributed by atoms with van der Waals surface area (Å²) in [5, 5.41) is 0. The second-order valence-corrected chi connectivity index (χ2v) is 1.24. The second kappa shape index (κ2) is 3.86. The van der Waals surface area contributed by atoms with Crippen LogP contribution in [0.15, 0.2) is 0 Å². The first-order chi connectivity index (χ1) is 4.57. The summed E-state index contributed by atoms with van der Waals surface area (Å²) in [7, 11) is 0. The van der Waals surface area contributed by atoms with Crippen molar-refractivity contribution < 1.29 is 27.5 Å². The average molecular weight is 156 g/mol. The van der Waals surface area contributed by atoms with Gasteiger partial charge in [-0.15, -0.1) is 0 Å². The highest BCUT2D eigenvalue weighted by Crippen LogP contribution is 2.05. The third kappa shape index (κ3) is 3.06. The molecular formula is C4H3F3O3. The van der Waals surface area contributed by atoms with Crippen molar-refractivity contribution >= 4 is 12.3 Å². The van der Waals surface area contributed by atoms with Crippen LogP contribution in [0.3, 0.4) is 0 Å². The van der Waals surface area contributed by atoms with Crippen molar-refractivity contribution in [1.82, 2.24) is 0 Å². The number of halogens is 3. The van der Waals surface area contributed by atoms with Crippen LogP contribution in [0.25, 0.3) is 0 Å². The SMILES string of the molecule is O=CC(=O)OC(F)C(F)F. The molecular weight excluding hydrogens is 153 g/mol. The molecule has 0 N–H and O–H groups in total. The van der Waals surface area contributed by atoms with Crippen LogP contribution in [-0.2, 0) is 14.3 Å². The molecule has 0 spiro atoms. The van der Waals surface area contributed by atoms with Crippen LogP contribution in [0.2, 0.25) is 0 Å². The quantitative estimate of drug-likeness (QED) is 0.335. The van der Waals surface area contributed by atoms with E-state index < -0.39 is 25.0 Å². The molecule has 0 aliphatic heterocycles. The zero-order chi connectivity index (χ0) is 8.15. The van der Waals surface area contributed by atoms with E-state index in [9.17, 15) is 22.8 Å². The normalized spacial score (nSPS) is 12.8. The van der Waals surface area contributed by atoms with E-state index in [0.29, 0.717) is 0 Å². The molecule has 0 saturated heterocycles. The van der Waals surface area contributed by atoms with Crippen molar-refractivity contribution in [2.45, 2.75) is 12.8 Å². The predicted octanol–water partition coefficient (Wildman–Crippen LogP) is 0.289. The lowest BCUT2D eigenvalue weighted by atomic mass is 10.7. The van der Waals surface area contributed by atoms with E-state index in [4.69, 9.17) is 0 Å². The maximum Gasteiger partial charge on any atom is 0.374 e. The number of alkyl halides is 3. The smallest absolute Gasteiger partial charge is 0.374 e. The van der Waals surface area contributed by atoms with E-state index in [0.717, 1.165) is 0 Å². The molecule has 1 atom stereocenters. The van der Waals surface area contributed by atoms with Crippen LogP contribution >= 0.6 is 0 Å². The summed E-state index contributed by atoms with van der Waals surface area (Å²) >= 11 is 0. The van der Waals surface area contributed by atoms with Gasteiger partial charge in [0.1, 0.15) is 0 Å². The molecule has 0 bridgehead atoms. The van der Waals surface area contributed by atoms with Gasteiger partial charge < -0.3 is 4.74 Å². The van der Waals surface area contributed by atoms with Gasteiger partial charge in [-0.3, -0.25) is 4.79 Å². The molecule has 0 heterocycles. The maximum atomic E-state index is 11.6. The topological polar surface area (TPSA) is 43.4 Å². The molecule has 10 heavy (non-hydrogen) atoms. The summed E-state index contributed by atoms with van der Waals surface area (Å²) in [4.78, 5) is 19.1. The van der Waals surface area contributed by atoms with E-state index in [2.05, 4.69) is 4.74 Å². The first-order valence-electron chi connectivity index (χ1n) is 2.16. The highest BCUT2D eigenvalue weighted by Gasteiger charge is 2.22. The minimum Gasteiger partial charge on any atom is -0.419 e. The number of rotatable bonds is 3. The fraction of sp³-hybridized carbons (Fsp3) is 0.500. The number of hydrogen-bond donors (Lipinski definition) is 0. The maximum absolute atomic E-state index is 11.6. The van der Waals surface area contributed by atoms with Crippen molar-refractivity contribution in [3.05, 3.63) is 0 Å².